The third kappa shape index (κ3) is 3.96. The average Bonchev–Trinajstić information content (AvgIpc) is 3.41. The fourth-order valence-corrected chi connectivity index (χ4v) is 5.45. The molecule has 1 amide bonds. The number of hydrogen-bond donors (Lipinski definition) is 1. The lowest BCUT2D eigenvalue weighted by atomic mass is 9.96. The molecule has 1 atom stereocenters. The maximum absolute atomic E-state index is 13.0. The van der Waals surface area contributed by atoms with Gasteiger partial charge in [0, 0.05) is 35.8 Å². The summed E-state index contributed by atoms with van der Waals surface area (Å²) in [6.45, 7) is 2.56. The first kappa shape index (κ1) is 20.2. The number of amides is 1. The van der Waals surface area contributed by atoms with Gasteiger partial charge in [-0.3, -0.25) is 4.79 Å². The lowest BCUT2D eigenvalue weighted by Gasteiger charge is -2.34. The molecule has 0 aliphatic carbocycles. The number of nitrogens with one attached hydrogen (secondary N) is 1. The first-order valence-electron chi connectivity index (χ1n) is 10.4. The highest BCUT2D eigenvalue weighted by molar-refractivity contribution is 7.90. The Morgan fingerprint density at radius 1 is 1.06 bits per heavy atom. The lowest BCUT2D eigenvalue weighted by Crippen LogP contribution is -2.43. The van der Waals surface area contributed by atoms with Gasteiger partial charge >= 0.3 is 0 Å². The molecule has 5 rings (SSSR count). The molecular formula is C22H23N3O5S. The second-order valence-electron chi connectivity index (χ2n) is 7.88. The molecule has 1 N–H and O–H groups in total. The lowest BCUT2D eigenvalue weighted by molar-refractivity contribution is -0.0969. The number of anilines is 1. The molecule has 0 radical (unpaired) electrons. The first-order chi connectivity index (χ1) is 15.0. The fourth-order valence-electron chi connectivity index (χ4n) is 4.28. The summed E-state index contributed by atoms with van der Waals surface area (Å²) in [5.41, 5.74) is 1.78. The van der Waals surface area contributed by atoms with Crippen LogP contribution in [0, 0.1) is 5.92 Å². The zero-order valence-electron chi connectivity index (χ0n) is 16.9. The molecule has 3 aliphatic rings. The summed E-state index contributed by atoms with van der Waals surface area (Å²) < 4.78 is 39.5. The zero-order chi connectivity index (χ0) is 21.4. The minimum Gasteiger partial charge on any atom is -0.350 e. The Balaban J connectivity index is 1.28. The van der Waals surface area contributed by atoms with Crippen LogP contribution in [0.3, 0.4) is 0 Å². The molecule has 0 aromatic heterocycles. The van der Waals surface area contributed by atoms with E-state index in [0.717, 1.165) is 12.8 Å². The Morgan fingerprint density at radius 2 is 1.81 bits per heavy atom. The SMILES string of the molecule is O=C(c1ccc(NC2=NS(=O)(=O)c3ccccc32)cc1)N1CCCC(C2OCCO2)C1. The van der Waals surface area contributed by atoms with E-state index >= 15 is 0 Å². The van der Waals surface area contributed by atoms with Crippen molar-refractivity contribution in [3.05, 3.63) is 59.7 Å². The molecule has 3 heterocycles. The Morgan fingerprint density at radius 3 is 2.58 bits per heavy atom. The molecule has 2 aromatic rings. The second kappa shape index (κ2) is 8.07. The Bertz CT molecular complexity index is 1120. The summed E-state index contributed by atoms with van der Waals surface area (Å²) in [5, 5.41) is 3.06. The molecule has 9 heteroatoms. The molecule has 3 aliphatic heterocycles. The predicted molar refractivity (Wildman–Crippen MR) is 115 cm³/mol. The van der Waals surface area contributed by atoms with Gasteiger partial charge in [-0.15, -0.1) is 4.40 Å². The Kier molecular flexibility index (Phi) is 5.25. The average molecular weight is 442 g/mol. The Labute approximate surface area is 180 Å². The van der Waals surface area contributed by atoms with Crippen molar-refractivity contribution in [3.63, 3.8) is 0 Å². The molecule has 0 spiro atoms. The fraction of sp³-hybridized carbons (Fsp3) is 0.364. The number of carbonyl (C=O) groups is 1. The van der Waals surface area contributed by atoms with Crippen LogP contribution in [0.4, 0.5) is 5.69 Å². The predicted octanol–water partition coefficient (Wildman–Crippen LogP) is 2.47. The summed E-state index contributed by atoms with van der Waals surface area (Å²) in [5.74, 6) is 0.453. The number of piperidine rings is 1. The minimum atomic E-state index is -3.68. The van der Waals surface area contributed by atoms with Gasteiger partial charge in [-0.1, -0.05) is 12.1 Å². The third-order valence-electron chi connectivity index (χ3n) is 5.80. The van der Waals surface area contributed by atoms with E-state index in [4.69, 9.17) is 9.47 Å². The van der Waals surface area contributed by atoms with Crippen molar-refractivity contribution in [1.82, 2.24) is 4.90 Å². The number of nitrogens with zero attached hydrogens (tertiary/aromatic N) is 2. The van der Waals surface area contributed by atoms with E-state index in [1.165, 1.54) is 6.07 Å². The largest absolute Gasteiger partial charge is 0.350 e. The van der Waals surface area contributed by atoms with Gasteiger partial charge in [-0.05, 0) is 49.2 Å². The molecule has 162 valence electrons. The highest BCUT2D eigenvalue weighted by Gasteiger charge is 2.33. The summed E-state index contributed by atoms with van der Waals surface area (Å²) in [4.78, 5) is 15.0. The zero-order valence-corrected chi connectivity index (χ0v) is 17.7. The topological polar surface area (TPSA) is 97.3 Å². The van der Waals surface area contributed by atoms with Gasteiger partial charge in [0.15, 0.2) is 12.1 Å². The molecule has 31 heavy (non-hydrogen) atoms. The number of amidine groups is 1. The standard InChI is InChI=1S/C22H23N3O5S/c26-21(25-11-3-4-16(14-25)22-29-12-13-30-22)15-7-9-17(10-8-15)23-20-18-5-1-2-6-19(18)31(27,28)24-20/h1-2,5-10,16,22H,3-4,11-14H2,(H,23,24). The van der Waals surface area contributed by atoms with Crippen LogP contribution in [0.1, 0.15) is 28.8 Å². The van der Waals surface area contributed by atoms with Gasteiger partial charge in [-0.25, -0.2) is 0 Å². The van der Waals surface area contributed by atoms with Crippen LogP contribution in [0.2, 0.25) is 0 Å². The smallest absolute Gasteiger partial charge is 0.285 e. The van der Waals surface area contributed by atoms with Crippen LogP contribution in [0.5, 0.6) is 0 Å². The van der Waals surface area contributed by atoms with E-state index in [-0.39, 0.29) is 28.8 Å². The quantitative estimate of drug-likeness (QED) is 0.786. The van der Waals surface area contributed by atoms with Crippen LogP contribution in [-0.2, 0) is 19.5 Å². The molecule has 1 unspecified atom stereocenters. The number of fused-ring (bicyclic) bond motifs is 1. The third-order valence-corrected chi connectivity index (χ3v) is 7.14. The first-order valence-corrected chi connectivity index (χ1v) is 11.8. The van der Waals surface area contributed by atoms with Crippen molar-refractivity contribution in [2.45, 2.75) is 24.0 Å². The van der Waals surface area contributed by atoms with Gasteiger partial charge in [0.25, 0.3) is 15.9 Å². The normalized spacial score (nSPS) is 22.8. The number of ether oxygens (including phenoxy) is 2. The van der Waals surface area contributed by atoms with Crippen LogP contribution in [0.15, 0.2) is 57.8 Å². The van der Waals surface area contributed by atoms with Crippen molar-refractivity contribution in [2.75, 3.05) is 31.6 Å². The van der Waals surface area contributed by atoms with Crippen molar-refractivity contribution in [2.24, 2.45) is 10.3 Å². The molecule has 2 fully saturated rings. The highest BCUT2D eigenvalue weighted by Crippen LogP contribution is 2.28. The van der Waals surface area contributed by atoms with E-state index in [1.54, 1.807) is 42.5 Å². The molecule has 8 nitrogen and oxygen atoms in total. The van der Waals surface area contributed by atoms with Crippen LogP contribution < -0.4 is 5.32 Å². The minimum absolute atomic E-state index is 0.0274. The maximum Gasteiger partial charge on any atom is 0.285 e. The van der Waals surface area contributed by atoms with Crippen LogP contribution in [0.25, 0.3) is 0 Å². The van der Waals surface area contributed by atoms with E-state index in [0.29, 0.717) is 43.1 Å². The molecular weight excluding hydrogens is 418 g/mol. The number of carbonyl (C=O) groups excluding carboxylic acids is 1. The number of sulfonamides is 1. The van der Waals surface area contributed by atoms with Gasteiger partial charge < -0.3 is 19.7 Å². The van der Waals surface area contributed by atoms with Crippen LogP contribution >= 0.6 is 0 Å². The number of benzene rings is 2. The monoisotopic (exact) mass is 441 g/mol. The van der Waals surface area contributed by atoms with Crippen LogP contribution in [-0.4, -0.2) is 57.7 Å². The maximum atomic E-state index is 13.0. The Hall–Kier alpha value is -2.75. The summed E-state index contributed by atoms with van der Waals surface area (Å²) in [7, 11) is -3.68. The molecule has 2 aromatic carbocycles. The van der Waals surface area contributed by atoms with E-state index in [9.17, 15) is 13.2 Å². The number of rotatable bonds is 3. The van der Waals surface area contributed by atoms with Crippen molar-refractivity contribution < 1.29 is 22.7 Å². The summed E-state index contributed by atoms with van der Waals surface area (Å²) in [6, 6.07) is 13.7. The van der Waals surface area contributed by atoms with Gasteiger partial charge in [0.05, 0.1) is 13.2 Å². The molecule has 0 saturated carbocycles. The molecule has 2 saturated heterocycles. The van der Waals surface area contributed by atoms with Crippen molar-refractivity contribution in [1.29, 1.82) is 0 Å². The number of likely N-dealkylation sites (tertiary alicyclic amines) is 1. The van der Waals surface area contributed by atoms with Gasteiger partial charge in [-0.2, -0.15) is 8.42 Å². The molecule has 0 bridgehead atoms. The number of hydrogen-bond acceptors (Lipinski definition) is 6. The van der Waals surface area contributed by atoms with E-state index < -0.39 is 10.0 Å². The highest BCUT2D eigenvalue weighted by atomic mass is 32.2. The van der Waals surface area contributed by atoms with Gasteiger partial charge in [0.1, 0.15) is 4.90 Å². The second-order valence-corrected chi connectivity index (χ2v) is 9.45. The van der Waals surface area contributed by atoms with Crippen molar-refractivity contribution >= 4 is 27.5 Å². The van der Waals surface area contributed by atoms with E-state index in [2.05, 4.69) is 9.71 Å². The van der Waals surface area contributed by atoms with Gasteiger partial charge in [0.2, 0.25) is 0 Å². The van der Waals surface area contributed by atoms with Crippen molar-refractivity contribution in [3.8, 4) is 0 Å². The van der Waals surface area contributed by atoms with E-state index in [1.807, 2.05) is 4.90 Å². The summed E-state index contributed by atoms with van der Waals surface area (Å²) in [6.07, 6.45) is 1.70. The summed E-state index contributed by atoms with van der Waals surface area (Å²) >= 11 is 0.